The lowest BCUT2D eigenvalue weighted by Gasteiger charge is -2.29. The minimum atomic E-state index is -0.807. The summed E-state index contributed by atoms with van der Waals surface area (Å²) >= 11 is 0. The third-order valence-corrected chi connectivity index (χ3v) is 10.2. The molecule has 0 saturated carbocycles. The molecule has 0 spiro atoms. The molecule has 0 unspecified atom stereocenters. The van der Waals surface area contributed by atoms with Crippen molar-refractivity contribution >= 4 is 71.7 Å². The Morgan fingerprint density at radius 2 is 1.02 bits per heavy atom. The Bertz CT molecular complexity index is 4410. The lowest BCUT2D eigenvalue weighted by atomic mass is 9.88. The van der Waals surface area contributed by atoms with Crippen molar-refractivity contribution in [2.24, 2.45) is 0 Å². The summed E-state index contributed by atoms with van der Waals surface area (Å²) in [4.78, 5) is 1.17. The first kappa shape index (κ1) is 17.9. The van der Waals surface area contributed by atoms with Crippen molar-refractivity contribution in [3.05, 3.63) is 172 Å². The highest BCUT2D eigenvalue weighted by molar-refractivity contribution is 6.23. The topological polar surface area (TPSA) is 29.5 Å². The molecule has 272 valence electrons. The second-order valence-corrected chi connectivity index (χ2v) is 13.8. The average molecular weight is 748 g/mol. The second kappa shape index (κ2) is 12.7. The van der Waals surface area contributed by atoms with Gasteiger partial charge in [0.25, 0.3) is 0 Å². The van der Waals surface area contributed by atoms with E-state index >= 15 is 0 Å². The lowest BCUT2D eigenvalue weighted by Crippen LogP contribution is -2.14. The average Bonchev–Trinajstić information content (AvgIpc) is 4.07. The summed E-state index contributed by atoms with van der Waals surface area (Å²) in [6.07, 6.45) is 0. The molecule has 2 heterocycles. The van der Waals surface area contributed by atoms with Gasteiger partial charge >= 0.3 is 0 Å². The van der Waals surface area contributed by atoms with Gasteiger partial charge in [-0.05, 0) is 151 Å². The minimum absolute atomic E-state index is 0.00558. The fraction of sp³-hybridized carbons (Fsp3) is 0.132. The van der Waals surface area contributed by atoms with Crippen LogP contribution in [0.1, 0.15) is 69.1 Å². The summed E-state index contributed by atoms with van der Waals surface area (Å²) in [5.41, 5.74) is -2.67. The number of hydrogen-bond acceptors (Lipinski definition) is 3. The van der Waals surface area contributed by atoms with E-state index in [1.54, 1.807) is 20.8 Å². The molecule has 3 heteroatoms. The van der Waals surface area contributed by atoms with Crippen LogP contribution in [0.25, 0.3) is 76.9 Å². The van der Waals surface area contributed by atoms with Gasteiger partial charge in [0.15, 0.2) is 11.2 Å². The first-order chi connectivity index (χ1) is 36.4. The fourth-order valence-corrected chi connectivity index (χ4v) is 7.66. The second-order valence-electron chi connectivity index (χ2n) is 13.8. The predicted molar refractivity (Wildman–Crippen MR) is 237 cm³/mol. The van der Waals surface area contributed by atoms with E-state index in [0.717, 1.165) is 0 Å². The normalized spacial score (nSPS) is 17.3. The Labute approximate surface area is 358 Å². The van der Waals surface area contributed by atoms with Crippen molar-refractivity contribution < 1.29 is 39.0 Å². The third-order valence-electron chi connectivity index (χ3n) is 10.2. The number of furan rings is 2. The van der Waals surface area contributed by atoms with Crippen LogP contribution in [0.4, 0.5) is 17.1 Å². The molecule has 0 aliphatic heterocycles. The summed E-state index contributed by atoms with van der Waals surface area (Å²) in [7, 11) is 0. The number of nitrogens with zero attached hydrogens (tertiary/aromatic N) is 1. The highest BCUT2D eigenvalue weighted by atomic mass is 16.3. The van der Waals surface area contributed by atoms with Crippen molar-refractivity contribution in [3.8, 4) is 22.3 Å². The van der Waals surface area contributed by atoms with Crippen molar-refractivity contribution in [3.63, 3.8) is 0 Å². The molecule has 0 bridgehead atoms. The van der Waals surface area contributed by atoms with Gasteiger partial charge in [-0.15, -0.1) is 0 Å². The molecule has 0 atom stereocenters. The molecule has 0 N–H and O–H groups in total. The molecule has 0 saturated heterocycles. The summed E-state index contributed by atoms with van der Waals surface area (Å²) in [6, 6.07) is -13.2. The smallest absolute Gasteiger partial charge is 0.159 e. The van der Waals surface area contributed by atoms with Crippen molar-refractivity contribution in [1.29, 1.82) is 0 Å². The quantitative estimate of drug-likeness (QED) is 0.176. The van der Waals surface area contributed by atoms with Crippen LogP contribution in [-0.4, -0.2) is 0 Å². The maximum Gasteiger partial charge on any atom is 0.159 e. The van der Waals surface area contributed by atoms with E-state index in [0.29, 0.717) is 11.1 Å². The van der Waals surface area contributed by atoms with E-state index in [1.165, 1.54) is 32.6 Å². The number of aryl methyl sites for hydroxylation is 3. The van der Waals surface area contributed by atoms with E-state index in [4.69, 9.17) is 26.7 Å². The summed E-state index contributed by atoms with van der Waals surface area (Å²) in [5.74, 6) is 0. The van der Waals surface area contributed by atoms with Crippen LogP contribution < -0.4 is 4.90 Å². The highest BCUT2D eigenvalue weighted by Crippen LogP contribution is 2.50. The van der Waals surface area contributed by atoms with Crippen LogP contribution in [0.15, 0.2) is 142 Å². The zero-order chi connectivity index (χ0) is 57.5. The number of hydrogen-bond donors (Lipinski definition) is 0. The lowest BCUT2D eigenvalue weighted by molar-refractivity contribution is 0.665. The monoisotopic (exact) mass is 747 g/mol. The largest absolute Gasteiger partial charge is 0.454 e. The van der Waals surface area contributed by atoms with E-state index in [2.05, 4.69) is 0 Å². The van der Waals surface area contributed by atoms with Gasteiger partial charge in [-0.1, -0.05) is 96.7 Å². The van der Waals surface area contributed by atoms with Gasteiger partial charge in [-0.25, -0.2) is 0 Å². The van der Waals surface area contributed by atoms with Gasteiger partial charge in [-0.3, -0.25) is 0 Å². The van der Waals surface area contributed by atoms with Crippen molar-refractivity contribution in [2.45, 2.75) is 48.5 Å². The van der Waals surface area contributed by atoms with Crippen LogP contribution in [0.2, 0.25) is 0 Å². The molecule has 2 aromatic heterocycles. The Kier molecular flexibility index (Phi) is 4.08. The number of benzene rings is 8. The molecule has 0 radical (unpaired) electrons. The first-order valence-corrected chi connectivity index (χ1v) is 17.7. The Morgan fingerprint density at radius 1 is 0.411 bits per heavy atom. The number of fused-ring (bicyclic) bond motifs is 8. The first-order valence-electron chi connectivity index (χ1n) is 28.7. The molecular weight excluding hydrogens is 683 g/mol. The van der Waals surface area contributed by atoms with Crippen LogP contribution >= 0.6 is 0 Å². The van der Waals surface area contributed by atoms with Gasteiger partial charge in [0.1, 0.15) is 11.2 Å². The van der Waals surface area contributed by atoms with Crippen LogP contribution in [0, 0.1) is 48.5 Å². The van der Waals surface area contributed by atoms with Gasteiger partial charge < -0.3 is 13.7 Å². The van der Waals surface area contributed by atoms with Crippen molar-refractivity contribution in [1.82, 2.24) is 0 Å². The summed E-state index contributed by atoms with van der Waals surface area (Å²) < 4.78 is 214. The zero-order valence-electron chi connectivity index (χ0n) is 53.3. The maximum atomic E-state index is 10.1. The van der Waals surface area contributed by atoms with Gasteiger partial charge in [-0.2, -0.15) is 0 Å². The van der Waals surface area contributed by atoms with E-state index in [-0.39, 0.29) is 123 Å². The molecule has 0 aliphatic rings. The summed E-state index contributed by atoms with van der Waals surface area (Å²) in [5, 5.41) is -0.492. The van der Waals surface area contributed by atoms with Gasteiger partial charge in [0, 0.05) is 26.9 Å². The van der Waals surface area contributed by atoms with E-state index in [9.17, 15) is 12.3 Å². The number of rotatable bonds is 5. The maximum absolute atomic E-state index is 10.1. The standard InChI is InChI=1S/C53H43NO2/c1-30-24-43-40-21-14-16-31(2)50(40)55-52(43)46(25-30)54(49-34(5)27-39(28-35(49)6)37-17-10-8-11-18-37)45-23-15-22-41-44-29-42(38-19-12-9-13-20-38)48-36(7)32(3)26-33(4)47(48)53(44)56-51(41)45/h8-29H,1-7H3/i8D,9D,10D,11D,12D,13D,14D,15D,16D,17D,18D,19D,20D,21D,22D,23D,24D,25D,26D,27D,28D,29D. The molecule has 10 aromatic rings. The van der Waals surface area contributed by atoms with Gasteiger partial charge in [0.05, 0.1) is 47.2 Å². The molecule has 3 nitrogen and oxygen atoms in total. The molecular formula is C53H43NO2. The minimum Gasteiger partial charge on any atom is -0.454 e. The molecule has 8 aromatic carbocycles. The Morgan fingerprint density at radius 3 is 1.73 bits per heavy atom. The van der Waals surface area contributed by atoms with Crippen LogP contribution in [-0.2, 0) is 0 Å². The van der Waals surface area contributed by atoms with Crippen LogP contribution in [0.5, 0.6) is 0 Å². The molecule has 56 heavy (non-hydrogen) atoms. The molecule has 0 aliphatic carbocycles. The molecule has 0 fully saturated rings. The predicted octanol–water partition coefficient (Wildman–Crippen LogP) is 15.6. The van der Waals surface area contributed by atoms with Gasteiger partial charge in [0.2, 0.25) is 0 Å². The third kappa shape index (κ3) is 5.11. The van der Waals surface area contributed by atoms with Crippen molar-refractivity contribution in [2.75, 3.05) is 4.90 Å². The Hall–Kier alpha value is -6.58. The molecule has 10 rings (SSSR count). The highest BCUT2D eigenvalue weighted by Gasteiger charge is 2.28. The zero-order valence-corrected chi connectivity index (χ0v) is 31.3. The fourth-order valence-electron chi connectivity index (χ4n) is 7.66. The van der Waals surface area contributed by atoms with E-state index in [1.807, 2.05) is 0 Å². The number of para-hydroxylation sites is 2. The number of anilines is 3. The SMILES string of the molecule is [2H]c1c([2H])c([2H])c(-c2c([2H])c(C)c(N(c3c([2H])c(C)c([2H])c4c3oc3c(C)c([2H])c([2H])c([2H])c34)c3c([2H])c([2H])c([2H])c4c3oc3c5c(C)c([2H])c(C)c(C)c5c(-c5c([2H])c([2H])c([2H])c([2H])c5[2H])c([2H])c34)c(C)c2[2H])c([2H])c1[2H]. The van der Waals surface area contributed by atoms with E-state index < -0.39 is 132 Å². The molecule has 0 amide bonds. The Balaban J connectivity index is 1.50. The summed E-state index contributed by atoms with van der Waals surface area (Å²) in [6.45, 7) is 10.6. The van der Waals surface area contributed by atoms with Crippen LogP contribution in [0.3, 0.4) is 0 Å².